The smallest absolute Gasteiger partial charge is 0.338 e. The van der Waals surface area contributed by atoms with Crippen LogP contribution >= 0.6 is 0 Å². The zero-order chi connectivity index (χ0) is 13.1. The molecule has 18 heavy (non-hydrogen) atoms. The number of aliphatic hydroxyl groups is 1. The lowest BCUT2D eigenvalue weighted by atomic mass is 10.0. The molecule has 1 aliphatic heterocycles. The highest BCUT2D eigenvalue weighted by Crippen LogP contribution is 2.23. The van der Waals surface area contributed by atoms with Crippen LogP contribution in [0.25, 0.3) is 0 Å². The third kappa shape index (κ3) is 2.64. The number of benzene rings is 1. The number of nitrogens with zero attached hydrogens (tertiary/aromatic N) is 1. The van der Waals surface area contributed by atoms with E-state index in [1.54, 1.807) is 0 Å². The zero-order valence-corrected chi connectivity index (χ0v) is 10.8. The van der Waals surface area contributed by atoms with Crippen molar-refractivity contribution >= 4 is 11.7 Å². The number of hydrogen-bond acceptors (Lipinski definition) is 4. The Morgan fingerprint density at radius 2 is 2.06 bits per heavy atom. The van der Waals surface area contributed by atoms with Gasteiger partial charge in [-0.2, -0.15) is 0 Å². The Labute approximate surface area is 107 Å². The lowest BCUT2D eigenvalue weighted by molar-refractivity contribution is 0.0600. The summed E-state index contributed by atoms with van der Waals surface area (Å²) in [6.07, 6.45) is 1.37. The fourth-order valence-corrected chi connectivity index (χ4v) is 2.26. The van der Waals surface area contributed by atoms with Gasteiger partial charge < -0.3 is 14.7 Å². The highest BCUT2D eigenvalue weighted by molar-refractivity contribution is 5.92. The Kier molecular flexibility index (Phi) is 3.87. The summed E-state index contributed by atoms with van der Waals surface area (Å²) in [5.41, 5.74) is 2.55. The normalized spacial score (nSPS) is 16.7. The quantitative estimate of drug-likeness (QED) is 0.811. The molecule has 2 rings (SSSR count). The van der Waals surface area contributed by atoms with Crippen molar-refractivity contribution < 1.29 is 14.6 Å². The number of aryl methyl sites for hydroxylation is 1. The second kappa shape index (κ2) is 5.40. The van der Waals surface area contributed by atoms with Gasteiger partial charge in [-0.05, 0) is 37.5 Å². The minimum atomic E-state index is -0.300. The maximum atomic E-state index is 11.6. The number of rotatable bonds is 2. The minimum absolute atomic E-state index is 0.188. The summed E-state index contributed by atoms with van der Waals surface area (Å²) in [7, 11) is 1.39. The van der Waals surface area contributed by atoms with E-state index >= 15 is 0 Å². The van der Waals surface area contributed by atoms with Gasteiger partial charge in [-0.1, -0.05) is 6.07 Å². The molecule has 1 N–H and O–H groups in total. The summed E-state index contributed by atoms with van der Waals surface area (Å²) < 4.78 is 4.78. The summed E-state index contributed by atoms with van der Waals surface area (Å²) >= 11 is 0. The van der Waals surface area contributed by atoms with Gasteiger partial charge in [0.05, 0.1) is 18.8 Å². The van der Waals surface area contributed by atoms with Gasteiger partial charge in [0.2, 0.25) is 0 Å². The summed E-state index contributed by atoms with van der Waals surface area (Å²) in [4.78, 5) is 13.8. The number of ether oxygens (including phenoxy) is 1. The fraction of sp³-hybridized carbons (Fsp3) is 0.500. The first-order chi connectivity index (χ1) is 8.61. The van der Waals surface area contributed by atoms with Gasteiger partial charge in [0, 0.05) is 18.8 Å². The maximum Gasteiger partial charge on any atom is 0.338 e. The molecule has 0 unspecified atom stereocenters. The first-order valence-electron chi connectivity index (χ1n) is 6.24. The van der Waals surface area contributed by atoms with Crippen molar-refractivity contribution in [1.82, 2.24) is 0 Å². The zero-order valence-electron chi connectivity index (χ0n) is 10.8. The molecule has 1 saturated heterocycles. The van der Waals surface area contributed by atoms with Crippen LogP contribution in [0.2, 0.25) is 0 Å². The molecule has 1 aromatic rings. The second-order valence-electron chi connectivity index (χ2n) is 4.71. The van der Waals surface area contributed by atoms with Gasteiger partial charge >= 0.3 is 5.97 Å². The van der Waals surface area contributed by atoms with Crippen molar-refractivity contribution in [1.29, 1.82) is 0 Å². The van der Waals surface area contributed by atoms with E-state index < -0.39 is 0 Å². The largest absolute Gasteiger partial charge is 0.465 e. The lowest BCUT2D eigenvalue weighted by Crippen LogP contribution is -2.35. The average Bonchev–Trinajstić information content (AvgIpc) is 2.39. The Morgan fingerprint density at radius 1 is 1.39 bits per heavy atom. The summed E-state index contributed by atoms with van der Waals surface area (Å²) in [5, 5.41) is 9.50. The minimum Gasteiger partial charge on any atom is -0.465 e. The van der Waals surface area contributed by atoms with Gasteiger partial charge in [-0.3, -0.25) is 0 Å². The number of anilines is 1. The molecular formula is C14H19NO3. The van der Waals surface area contributed by atoms with Crippen molar-refractivity contribution in [3.8, 4) is 0 Å². The van der Waals surface area contributed by atoms with Crippen LogP contribution in [0.3, 0.4) is 0 Å². The number of methoxy groups -OCH3 is 1. The van der Waals surface area contributed by atoms with E-state index in [1.807, 2.05) is 25.1 Å². The molecule has 0 spiro atoms. The number of carbonyl (C=O) groups is 1. The molecule has 0 aliphatic carbocycles. The SMILES string of the molecule is COC(=O)c1cc(N2CCC(O)CC2)ccc1C. The van der Waals surface area contributed by atoms with Crippen LogP contribution in [-0.4, -0.2) is 37.4 Å². The molecule has 0 bridgehead atoms. The number of aliphatic hydroxyl groups excluding tert-OH is 1. The first kappa shape index (κ1) is 12.9. The van der Waals surface area contributed by atoms with Gasteiger partial charge in [0.25, 0.3) is 0 Å². The third-order valence-electron chi connectivity index (χ3n) is 3.46. The van der Waals surface area contributed by atoms with Crippen LogP contribution in [0.4, 0.5) is 5.69 Å². The van der Waals surface area contributed by atoms with Gasteiger partial charge in [-0.25, -0.2) is 4.79 Å². The molecule has 0 saturated carbocycles. The average molecular weight is 249 g/mol. The Hall–Kier alpha value is -1.55. The summed E-state index contributed by atoms with van der Waals surface area (Å²) in [6, 6.07) is 5.82. The highest BCUT2D eigenvalue weighted by Gasteiger charge is 2.19. The van der Waals surface area contributed by atoms with E-state index in [9.17, 15) is 9.90 Å². The lowest BCUT2D eigenvalue weighted by Gasteiger charge is -2.31. The van der Waals surface area contributed by atoms with E-state index in [1.165, 1.54) is 7.11 Å². The van der Waals surface area contributed by atoms with Crippen LogP contribution < -0.4 is 4.90 Å². The summed E-state index contributed by atoms with van der Waals surface area (Å²) in [5.74, 6) is -0.300. The Bertz CT molecular complexity index is 437. The molecule has 0 amide bonds. The standard InChI is InChI=1S/C14H19NO3/c1-10-3-4-11(9-13(10)14(17)18-2)15-7-5-12(16)6-8-15/h3-4,9,12,16H,5-8H2,1-2H3. The topological polar surface area (TPSA) is 49.8 Å². The fourth-order valence-electron chi connectivity index (χ4n) is 2.26. The van der Waals surface area contributed by atoms with Gasteiger partial charge in [0.1, 0.15) is 0 Å². The maximum absolute atomic E-state index is 11.6. The van der Waals surface area contributed by atoms with Crippen molar-refractivity contribution in [3.05, 3.63) is 29.3 Å². The molecule has 1 fully saturated rings. The second-order valence-corrected chi connectivity index (χ2v) is 4.71. The summed E-state index contributed by atoms with van der Waals surface area (Å²) in [6.45, 7) is 3.55. The molecule has 4 nitrogen and oxygen atoms in total. The van der Waals surface area contributed by atoms with Crippen LogP contribution in [-0.2, 0) is 4.74 Å². The molecule has 0 radical (unpaired) electrons. The predicted molar refractivity (Wildman–Crippen MR) is 70.0 cm³/mol. The van der Waals surface area contributed by atoms with Crippen molar-refractivity contribution in [2.24, 2.45) is 0 Å². The molecular weight excluding hydrogens is 230 g/mol. The highest BCUT2D eigenvalue weighted by atomic mass is 16.5. The Morgan fingerprint density at radius 3 is 2.67 bits per heavy atom. The van der Waals surface area contributed by atoms with Crippen LogP contribution in [0.5, 0.6) is 0 Å². The van der Waals surface area contributed by atoms with E-state index in [4.69, 9.17) is 4.74 Å². The van der Waals surface area contributed by atoms with Crippen molar-refractivity contribution in [2.75, 3.05) is 25.1 Å². The van der Waals surface area contributed by atoms with E-state index in [2.05, 4.69) is 4.90 Å². The molecule has 4 heteroatoms. The number of carbonyl (C=O) groups excluding carboxylic acids is 1. The molecule has 1 aliphatic rings. The molecule has 0 aromatic heterocycles. The van der Waals surface area contributed by atoms with E-state index in [-0.39, 0.29) is 12.1 Å². The molecule has 1 heterocycles. The van der Waals surface area contributed by atoms with E-state index in [0.29, 0.717) is 5.56 Å². The van der Waals surface area contributed by atoms with Gasteiger partial charge in [-0.15, -0.1) is 0 Å². The number of esters is 1. The van der Waals surface area contributed by atoms with Crippen molar-refractivity contribution in [2.45, 2.75) is 25.9 Å². The first-order valence-corrected chi connectivity index (χ1v) is 6.24. The third-order valence-corrected chi connectivity index (χ3v) is 3.46. The monoisotopic (exact) mass is 249 g/mol. The van der Waals surface area contributed by atoms with Crippen LogP contribution in [0.1, 0.15) is 28.8 Å². The Balaban J connectivity index is 2.21. The molecule has 1 aromatic carbocycles. The predicted octanol–water partition coefficient (Wildman–Crippen LogP) is 1.74. The number of hydrogen-bond donors (Lipinski definition) is 1. The van der Waals surface area contributed by atoms with Gasteiger partial charge in [0.15, 0.2) is 0 Å². The van der Waals surface area contributed by atoms with Crippen LogP contribution in [0.15, 0.2) is 18.2 Å². The molecule has 0 atom stereocenters. The van der Waals surface area contributed by atoms with E-state index in [0.717, 1.165) is 37.2 Å². The number of piperidine rings is 1. The van der Waals surface area contributed by atoms with Crippen molar-refractivity contribution in [3.63, 3.8) is 0 Å². The molecule has 98 valence electrons. The van der Waals surface area contributed by atoms with Crippen LogP contribution in [0, 0.1) is 6.92 Å².